The molecule has 0 aromatic heterocycles. The molecule has 0 saturated heterocycles. The van der Waals surface area contributed by atoms with Gasteiger partial charge in [0.2, 0.25) is 0 Å². The van der Waals surface area contributed by atoms with Crippen LogP contribution in [0.2, 0.25) is 0 Å². The van der Waals surface area contributed by atoms with Gasteiger partial charge in [0.05, 0.1) is 19.8 Å². The number of alkyl carbamates (subject to hydrolysis) is 1. The van der Waals surface area contributed by atoms with Crippen LogP contribution in [0.1, 0.15) is 142 Å². The van der Waals surface area contributed by atoms with Gasteiger partial charge in [-0.3, -0.25) is 13.8 Å². The summed E-state index contributed by atoms with van der Waals surface area (Å²) in [6.07, 6.45) is 23.0. The first kappa shape index (κ1) is 37.9. The summed E-state index contributed by atoms with van der Waals surface area (Å²) in [5.74, 6) is -0.177. The predicted molar refractivity (Wildman–Crippen MR) is 156 cm³/mol. The van der Waals surface area contributed by atoms with Crippen LogP contribution in [-0.4, -0.2) is 50.4 Å². The molecule has 1 amide bonds. The van der Waals surface area contributed by atoms with Gasteiger partial charge in [0.1, 0.15) is 0 Å². The lowest BCUT2D eigenvalue weighted by Gasteiger charge is -2.09. The molecule has 0 rings (SSSR count). The molecule has 0 aliphatic heterocycles. The van der Waals surface area contributed by atoms with Crippen LogP contribution in [0, 0.1) is 0 Å². The highest BCUT2D eigenvalue weighted by Crippen LogP contribution is 2.41. The monoisotopic (exact) mass is 579 g/mol. The van der Waals surface area contributed by atoms with Gasteiger partial charge in [0.15, 0.2) is 0 Å². The van der Waals surface area contributed by atoms with Crippen LogP contribution in [0.25, 0.3) is 0 Å². The zero-order chi connectivity index (χ0) is 28.9. The van der Waals surface area contributed by atoms with Gasteiger partial charge in [-0.05, 0) is 19.3 Å². The van der Waals surface area contributed by atoms with E-state index in [1.54, 1.807) is 0 Å². The van der Waals surface area contributed by atoms with Crippen molar-refractivity contribution in [3.8, 4) is 0 Å². The van der Waals surface area contributed by atoms with Gasteiger partial charge in [0.25, 0.3) is 0 Å². The number of phosphoric acid groups is 1. The third-order valence-corrected chi connectivity index (χ3v) is 7.57. The first-order valence-corrected chi connectivity index (χ1v) is 17.0. The summed E-state index contributed by atoms with van der Waals surface area (Å²) in [5, 5.41) is 2.67. The van der Waals surface area contributed by atoms with Gasteiger partial charge in [-0.1, -0.05) is 110 Å². The van der Waals surface area contributed by atoms with E-state index in [0.717, 1.165) is 39.2 Å². The van der Waals surface area contributed by atoms with Crippen molar-refractivity contribution < 1.29 is 37.6 Å². The van der Waals surface area contributed by atoms with Gasteiger partial charge < -0.3 is 19.7 Å². The lowest BCUT2D eigenvalue weighted by molar-refractivity contribution is -0.144. The normalized spacial score (nSPS) is 12.7. The summed E-state index contributed by atoms with van der Waals surface area (Å²) in [6, 6.07) is 0. The van der Waals surface area contributed by atoms with E-state index in [1.807, 2.05) is 0 Å². The highest BCUT2D eigenvalue weighted by molar-refractivity contribution is 7.47. The fourth-order valence-electron chi connectivity index (χ4n) is 4.18. The van der Waals surface area contributed by atoms with Crippen LogP contribution in [0.15, 0.2) is 0 Å². The molecule has 0 radical (unpaired) electrons. The molecular weight excluding hydrogens is 521 g/mol. The molecule has 0 aliphatic carbocycles. The minimum atomic E-state index is -3.89. The van der Waals surface area contributed by atoms with Crippen molar-refractivity contribution in [2.24, 2.45) is 0 Å². The molecular formula is C29H58NO8P. The summed E-state index contributed by atoms with van der Waals surface area (Å²) in [5.41, 5.74) is 0. The second-order valence-corrected chi connectivity index (χ2v) is 11.8. The average Bonchev–Trinajstić information content (AvgIpc) is 2.92. The number of ether oxygens (including phenoxy) is 2. The van der Waals surface area contributed by atoms with E-state index in [4.69, 9.17) is 18.9 Å². The molecule has 232 valence electrons. The maximum absolute atomic E-state index is 11.8. The number of amides is 1. The first-order valence-electron chi connectivity index (χ1n) is 15.5. The SMILES string of the molecule is CCCCCCCCCCCCCCCCCC(=O)OCCCOC(=O)NCCCCCCOP(=O)(O)OC. The highest BCUT2D eigenvalue weighted by atomic mass is 31.2. The van der Waals surface area contributed by atoms with E-state index in [9.17, 15) is 14.2 Å². The fourth-order valence-corrected chi connectivity index (χ4v) is 4.64. The number of nitrogens with one attached hydrogen (secondary N) is 1. The lowest BCUT2D eigenvalue weighted by Crippen LogP contribution is -2.26. The Morgan fingerprint density at radius 2 is 1.13 bits per heavy atom. The topological polar surface area (TPSA) is 120 Å². The van der Waals surface area contributed by atoms with Crippen molar-refractivity contribution in [2.75, 3.05) is 33.5 Å². The van der Waals surface area contributed by atoms with Crippen LogP contribution in [0.3, 0.4) is 0 Å². The maximum Gasteiger partial charge on any atom is 0.471 e. The number of phosphoric ester groups is 1. The second-order valence-electron chi connectivity index (χ2n) is 10.2. The van der Waals surface area contributed by atoms with E-state index < -0.39 is 13.9 Å². The van der Waals surface area contributed by atoms with Crippen molar-refractivity contribution in [2.45, 2.75) is 142 Å². The van der Waals surface area contributed by atoms with E-state index in [0.29, 0.717) is 25.8 Å². The Balaban J connectivity index is 3.32. The first-order chi connectivity index (χ1) is 18.9. The number of unbranched alkanes of at least 4 members (excludes halogenated alkanes) is 17. The quantitative estimate of drug-likeness (QED) is 0.0516. The van der Waals surface area contributed by atoms with Gasteiger partial charge in [-0.25, -0.2) is 9.36 Å². The van der Waals surface area contributed by atoms with E-state index >= 15 is 0 Å². The third-order valence-electron chi connectivity index (χ3n) is 6.59. The van der Waals surface area contributed by atoms with Crippen molar-refractivity contribution in [3.05, 3.63) is 0 Å². The molecule has 1 unspecified atom stereocenters. The number of hydrogen-bond acceptors (Lipinski definition) is 7. The Morgan fingerprint density at radius 1 is 0.641 bits per heavy atom. The van der Waals surface area contributed by atoms with Gasteiger partial charge >= 0.3 is 19.9 Å². The number of hydrogen-bond donors (Lipinski definition) is 2. The molecule has 0 saturated carbocycles. The molecule has 0 bridgehead atoms. The smallest absolute Gasteiger partial charge is 0.466 e. The van der Waals surface area contributed by atoms with Crippen LogP contribution < -0.4 is 5.32 Å². The fraction of sp³-hybridized carbons (Fsp3) is 0.931. The number of carbonyl (C=O) groups excluding carboxylic acids is 2. The Hall–Kier alpha value is -1.15. The standard InChI is InChI=1S/C29H58NO8P/c1-3-4-5-6-7-8-9-10-11-12-13-14-15-16-19-23-28(31)36-25-22-26-37-29(32)30-24-20-17-18-21-27-38-39(33,34)35-2/h3-27H2,1-2H3,(H,30,32)(H,33,34). The summed E-state index contributed by atoms with van der Waals surface area (Å²) >= 11 is 0. The Labute approximate surface area is 238 Å². The van der Waals surface area contributed by atoms with E-state index in [-0.39, 0.29) is 25.8 Å². The molecule has 10 heteroatoms. The van der Waals surface area contributed by atoms with Crippen molar-refractivity contribution >= 4 is 19.9 Å². The molecule has 0 aromatic rings. The minimum absolute atomic E-state index is 0.154. The number of esters is 1. The molecule has 9 nitrogen and oxygen atoms in total. The van der Waals surface area contributed by atoms with Gasteiger partial charge in [-0.15, -0.1) is 0 Å². The Morgan fingerprint density at radius 3 is 1.69 bits per heavy atom. The molecule has 39 heavy (non-hydrogen) atoms. The zero-order valence-corrected chi connectivity index (χ0v) is 25.8. The second kappa shape index (κ2) is 28.4. The highest BCUT2D eigenvalue weighted by Gasteiger charge is 2.17. The minimum Gasteiger partial charge on any atom is -0.466 e. The molecule has 2 N–H and O–H groups in total. The van der Waals surface area contributed by atoms with Gasteiger partial charge in [-0.2, -0.15) is 0 Å². The molecule has 0 heterocycles. The lowest BCUT2D eigenvalue weighted by atomic mass is 10.0. The molecule has 0 aromatic carbocycles. The Bertz CT molecular complexity index is 620. The zero-order valence-electron chi connectivity index (χ0n) is 24.9. The molecule has 0 aliphatic rings. The largest absolute Gasteiger partial charge is 0.471 e. The summed E-state index contributed by atoms with van der Waals surface area (Å²) in [7, 11) is -2.76. The van der Waals surface area contributed by atoms with Crippen LogP contribution in [0.4, 0.5) is 4.79 Å². The van der Waals surface area contributed by atoms with Crippen molar-refractivity contribution in [3.63, 3.8) is 0 Å². The van der Waals surface area contributed by atoms with Crippen molar-refractivity contribution in [1.29, 1.82) is 0 Å². The number of rotatable bonds is 29. The summed E-state index contributed by atoms with van der Waals surface area (Å²) in [6.45, 7) is 3.37. The van der Waals surface area contributed by atoms with Crippen LogP contribution in [-0.2, 0) is 27.9 Å². The third kappa shape index (κ3) is 29.7. The average molecular weight is 580 g/mol. The van der Waals surface area contributed by atoms with Crippen LogP contribution >= 0.6 is 7.82 Å². The van der Waals surface area contributed by atoms with E-state index in [2.05, 4.69) is 16.8 Å². The molecule has 0 fully saturated rings. The Kier molecular flexibility index (Phi) is 27.5. The van der Waals surface area contributed by atoms with Gasteiger partial charge in [0, 0.05) is 26.5 Å². The number of carbonyl (C=O) groups is 2. The summed E-state index contributed by atoms with van der Waals surface area (Å²) < 4.78 is 30.5. The van der Waals surface area contributed by atoms with E-state index in [1.165, 1.54) is 83.5 Å². The molecule has 1 atom stereocenters. The van der Waals surface area contributed by atoms with Crippen LogP contribution in [0.5, 0.6) is 0 Å². The predicted octanol–water partition coefficient (Wildman–Crippen LogP) is 8.23. The van der Waals surface area contributed by atoms with Crippen molar-refractivity contribution in [1.82, 2.24) is 5.32 Å². The maximum atomic E-state index is 11.8. The molecule has 0 spiro atoms. The summed E-state index contributed by atoms with van der Waals surface area (Å²) in [4.78, 5) is 32.6.